The van der Waals surface area contributed by atoms with E-state index < -0.39 is 7.12 Å². The summed E-state index contributed by atoms with van der Waals surface area (Å²) in [5.74, 6) is 0. The summed E-state index contributed by atoms with van der Waals surface area (Å²) in [5.41, 5.74) is 4.67. The number of rotatable bonds is 3. The van der Waals surface area contributed by atoms with Crippen LogP contribution >= 0.6 is 34.8 Å². The molecule has 0 N–H and O–H groups in total. The molecule has 0 aliphatic rings. The normalized spacial score (nSPS) is 11.8. The van der Waals surface area contributed by atoms with Crippen LogP contribution in [0.4, 0.5) is 0 Å². The molecule has 0 bridgehead atoms. The molecular formula is C15H18BCl3N6-. The largest absolute Gasteiger partial charge is 0.421 e. The van der Waals surface area contributed by atoms with Gasteiger partial charge in [-0.2, -0.15) is 0 Å². The van der Waals surface area contributed by atoms with Crippen LogP contribution in [0.1, 0.15) is 34.2 Å². The highest BCUT2D eigenvalue weighted by molar-refractivity contribution is 6.54. The molecule has 1 radical (unpaired) electrons. The Morgan fingerprint density at radius 3 is 0.960 bits per heavy atom. The Morgan fingerprint density at radius 2 is 0.800 bits per heavy atom. The molecule has 25 heavy (non-hydrogen) atoms. The highest BCUT2D eigenvalue weighted by Gasteiger charge is 2.22. The molecule has 0 unspecified atom stereocenters. The highest BCUT2D eigenvalue weighted by atomic mass is 35.5. The quantitative estimate of drug-likeness (QED) is 0.625. The third-order valence-electron chi connectivity index (χ3n) is 4.37. The van der Waals surface area contributed by atoms with Crippen LogP contribution in [0.3, 0.4) is 0 Å². The topological polar surface area (TPSA) is 53.5 Å². The summed E-state index contributed by atoms with van der Waals surface area (Å²) in [6.45, 7) is 11.3. The maximum atomic E-state index is 6.38. The molecule has 0 aliphatic heterocycles. The summed E-state index contributed by atoms with van der Waals surface area (Å²) in [6.07, 6.45) is 0. The number of hydrogen-bond acceptors (Lipinski definition) is 3. The van der Waals surface area contributed by atoms with E-state index in [2.05, 4.69) is 15.3 Å². The lowest BCUT2D eigenvalue weighted by Crippen LogP contribution is -2.45. The number of aromatic nitrogens is 6. The first-order chi connectivity index (χ1) is 11.6. The van der Waals surface area contributed by atoms with E-state index in [-0.39, 0.29) is 0 Å². The zero-order valence-corrected chi connectivity index (χ0v) is 17.2. The third-order valence-corrected chi connectivity index (χ3v) is 6.01. The van der Waals surface area contributed by atoms with Gasteiger partial charge in [-0.05, 0) is 41.5 Å². The number of aryl methyl sites for hydroxylation is 3. The molecule has 3 aromatic rings. The molecule has 133 valence electrons. The zero-order valence-electron chi connectivity index (χ0n) is 14.9. The molecule has 3 heterocycles. The minimum absolute atomic E-state index is 0.497. The Bertz CT molecular complexity index is 847. The summed E-state index contributed by atoms with van der Waals surface area (Å²) < 4.78 is 5.38. The summed E-state index contributed by atoms with van der Waals surface area (Å²) in [7, 11) is -0.497. The van der Waals surface area contributed by atoms with Gasteiger partial charge in [-0.3, -0.25) is 0 Å². The van der Waals surface area contributed by atoms with Gasteiger partial charge in [0.2, 0.25) is 0 Å². The first-order valence-electron chi connectivity index (χ1n) is 7.78. The Hall–Kier alpha value is -1.44. The first kappa shape index (κ1) is 18.4. The fraction of sp³-hybridized carbons (Fsp3) is 0.400. The lowest BCUT2D eigenvalue weighted by Gasteiger charge is -2.33. The van der Waals surface area contributed by atoms with Gasteiger partial charge < -0.3 is 13.8 Å². The second-order valence-corrected chi connectivity index (χ2v) is 7.27. The molecule has 0 saturated heterocycles. The van der Waals surface area contributed by atoms with Crippen LogP contribution in [0, 0.1) is 41.5 Å². The Kier molecular flexibility index (Phi) is 4.68. The van der Waals surface area contributed by atoms with E-state index in [1.807, 2.05) is 41.5 Å². The van der Waals surface area contributed by atoms with Gasteiger partial charge in [0, 0.05) is 17.1 Å². The summed E-state index contributed by atoms with van der Waals surface area (Å²) in [5, 5.41) is 15.6. The van der Waals surface area contributed by atoms with Gasteiger partial charge in [-0.25, -0.2) is 15.3 Å². The molecule has 3 rings (SSSR count). The predicted octanol–water partition coefficient (Wildman–Crippen LogP) is 4.02. The molecule has 0 fully saturated rings. The molecule has 0 amide bonds. The van der Waals surface area contributed by atoms with E-state index >= 15 is 0 Å². The van der Waals surface area contributed by atoms with E-state index in [0.717, 1.165) is 34.2 Å². The van der Waals surface area contributed by atoms with Crippen LogP contribution in [0.5, 0.6) is 0 Å². The van der Waals surface area contributed by atoms with Crippen LogP contribution in [-0.2, 0) is 0 Å². The number of hydrogen-bond donors (Lipinski definition) is 0. The van der Waals surface area contributed by atoms with Crippen molar-refractivity contribution in [2.75, 3.05) is 0 Å². The summed E-state index contributed by atoms with van der Waals surface area (Å²) in [4.78, 5) is 0. The molecule has 0 aromatic carbocycles. The van der Waals surface area contributed by atoms with Gasteiger partial charge in [0.25, 0.3) is 7.12 Å². The predicted molar refractivity (Wildman–Crippen MR) is 102 cm³/mol. The van der Waals surface area contributed by atoms with Gasteiger partial charge in [0.15, 0.2) is 0 Å². The fourth-order valence-corrected chi connectivity index (χ4v) is 3.29. The van der Waals surface area contributed by atoms with E-state index in [0.29, 0.717) is 15.1 Å². The SMILES string of the molecule is Cc1nn([B-](n2nc(C)c(Cl)c2C)n2nc(C)c(Cl)c2C)c(C)c1Cl. The Balaban J connectivity index is 2.34. The van der Waals surface area contributed by atoms with Crippen molar-refractivity contribution < 1.29 is 0 Å². The first-order valence-corrected chi connectivity index (χ1v) is 8.92. The monoisotopic (exact) mass is 398 g/mol. The van der Waals surface area contributed by atoms with Crippen LogP contribution in [0.15, 0.2) is 0 Å². The van der Waals surface area contributed by atoms with Crippen molar-refractivity contribution in [2.45, 2.75) is 41.5 Å². The maximum absolute atomic E-state index is 6.38. The van der Waals surface area contributed by atoms with E-state index in [9.17, 15) is 0 Å². The molecule has 0 atom stereocenters. The lowest BCUT2D eigenvalue weighted by molar-refractivity contribution is 0.730. The van der Waals surface area contributed by atoms with Crippen molar-refractivity contribution in [3.05, 3.63) is 49.2 Å². The van der Waals surface area contributed by atoms with Gasteiger partial charge >= 0.3 is 0 Å². The van der Waals surface area contributed by atoms with Crippen molar-refractivity contribution in [1.29, 1.82) is 0 Å². The van der Waals surface area contributed by atoms with Crippen LogP contribution < -0.4 is 0 Å². The van der Waals surface area contributed by atoms with Crippen LogP contribution in [0.25, 0.3) is 0 Å². The van der Waals surface area contributed by atoms with E-state index in [1.165, 1.54) is 0 Å². The van der Waals surface area contributed by atoms with Gasteiger partial charge in [-0.15, -0.1) is 0 Å². The standard InChI is InChI=1S/C15H18BCl3N6/c1-7-13(17)10(4)23(20-7)16(24-11(5)14(18)8(2)21-24)25-12(6)15(19)9(3)22-25/h1-6H3/q-1. The Morgan fingerprint density at radius 1 is 0.560 bits per heavy atom. The molecule has 0 aliphatic carbocycles. The average Bonchev–Trinajstić information content (AvgIpc) is 3.08. The third kappa shape index (κ3) is 2.78. The Labute approximate surface area is 161 Å². The molecule has 0 spiro atoms. The summed E-state index contributed by atoms with van der Waals surface area (Å²) in [6, 6.07) is 0. The second kappa shape index (κ2) is 6.38. The molecule has 0 saturated carbocycles. The van der Waals surface area contributed by atoms with Crippen LogP contribution in [-0.4, -0.2) is 36.2 Å². The minimum atomic E-state index is -0.497. The number of halogens is 3. The zero-order chi connectivity index (χ0) is 18.6. The average molecular weight is 400 g/mol. The van der Waals surface area contributed by atoms with E-state index in [4.69, 9.17) is 34.8 Å². The maximum Gasteiger partial charge on any atom is 0.261 e. The molecular weight excluding hydrogens is 381 g/mol. The number of nitrogens with zero attached hydrogens (tertiary/aromatic N) is 6. The minimum Gasteiger partial charge on any atom is -0.421 e. The van der Waals surface area contributed by atoms with Crippen molar-refractivity contribution in [2.24, 2.45) is 0 Å². The summed E-state index contributed by atoms with van der Waals surface area (Å²) >= 11 is 19.1. The van der Waals surface area contributed by atoms with E-state index in [1.54, 1.807) is 13.8 Å². The van der Waals surface area contributed by atoms with Gasteiger partial charge in [0.05, 0.1) is 32.1 Å². The highest BCUT2D eigenvalue weighted by Crippen LogP contribution is 2.26. The smallest absolute Gasteiger partial charge is 0.261 e. The lowest BCUT2D eigenvalue weighted by atomic mass is 9.93. The van der Waals surface area contributed by atoms with Crippen LogP contribution in [0.2, 0.25) is 15.1 Å². The fourth-order valence-electron chi connectivity index (χ4n) is 2.91. The van der Waals surface area contributed by atoms with Crippen molar-refractivity contribution in [3.8, 4) is 0 Å². The molecule has 6 nitrogen and oxygen atoms in total. The molecule has 10 heteroatoms. The van der Waals surface area contributed by atoms with Crippen molar-refractivity contribution >= 4 is 41.9 Å². The van der Waals surface area contributed by atoms with Crippen molar-refractivity contribution in [1.82, 2.24) is 29.1 Å². The van der Waals surface area contributed by atoms with Gasteiger partial charge in [-0.1, -0.05) is 34.8 Å². The van der Waals surface area contributed by atoms with Gasteiger partial charge in [0.1, 0.15) is 0 Å². The molecule has 3 aromatic heterocycles. The van der Waals surface area contributed by atoms with Crippen molar-refractivity contribution in [3.63, 3.8) is 0 Å². The second-order valence-electron chi connectivity index (χ2n) is 6.13.